The third kappa shape index (κ3) is 3.29. The van der Waals surface area contributed by atoms with E-state index in [1.54, 1.807) is 13.8 Å². The Hall–Kier alpha value is -1.17. The van der Waals surface area contributed by atoms with Gasteiger partial charge in [0.2, 0.25) is 0 Å². The smallest absolute Gasteiger partial charge is 0.150 e. The minimum Gasteiger partial charge on any atom is -0.300 e. The summed E-state index contributed by atoms with van der Waals surface area (Å²) < 4.78 is 0. The lowest BCUT2D eigenvalue weighted by Gasteiger charge is -2.03. The van der Waals surface area contributed by atoms with Gasteiger partial charge in [0.05, 0.1) is 6.07 Å². The van der Waals surface area contributed by atoms with E-state index >= 15 is 0 Å². The molecule has 0 radical (unpaired) electrons. The zero-order chi connectivity index (χ0) is 9.56. The van der Waals surface area contributed by atoms with E-state index in [0.717, 1.165) is 0 Å². The predicted octanol–water partition coefficient (Wildman–Crippen LogP) is 1.47. The number of Topliss-reactive ketones (excluding diaryl/α,β-unsaturated/α-hetero) is 2. The molecule has 0 aliphatic rings. The van der Waals surface area contributed by atoms with Crippen LogP contribution in [-0.2, 0) is 9.59 Å². The summed E-state index contributed by atoms with van der Waals surface area (Å²) in [6.07, 6.45) is 0.810. The van der Waals surface area contributed by atoms with Crippen LogP contribution in [0.15, 0.2) is 0 Å². The van der Waals surface area contributed by atoms with Gasteiger partial charge in [0, 0.05) is 19.3 Å². The van der Waals surface area contributed by atoms with Crippen LogP contribution in [0.25, 0.3) is 0 Å². The fourth-order valence-corrected chi connectivity index (χ4v) is 0.850. The van der Waals surface area contributed by atoms with Crippen molar-refractivity contribution >= 4 is 11.6 Å². The highest BCUT2D eigenvalue weighted by Crippen LogP contribution is 2.07. The Labute approximate surface area is 72.4 Å². The molecule has 0 heterocycles. The van der Waals surface area contributed by atoms with Crippen LogP contribution in [0.2, 0.25) is 0 Å². The maximum atomic E-state index is 11.0. The minimum absolute atomic E-state index is 0.0247. The van der Waals surface area contributed by atoms with E-state index in [1.807, 2.05) is 6.07 Å². The molecule has 0 bridgehead atoms. The fourth-order valence-electron chi connectivity index (χ4n) is 0.850. The van der Waals surface area contributed by atoms with Crippen molar-refractivity contribution in [3.8, 4) is 6.07 Å². The molecule has 0 aliphatic heterocycles. The quantitative estimate of drug-likeness (QED) is 0.623. The van der Waals surface area contributed by atoms with Crippen molar-refractivity contribution in [2.45, 2.75) is 33.1 Å². The molecule has 0 aromatic rings. The summed E-state index contributed by atoms with van der Waals surface area (Å²) in [6, 6.07) is 1.85. The minimum atomic E-state index is -0.720. The Bertz CT molecular complexity index is 215. The van der Waals surface area contributed by atoms with Crippen molar-refractivity contribution in [3.63, 3.8) is 0 Å². The third-order valence-electron chi connectivity index (χ3n) is 1.72. The zero-order valence-corrected chi connectivity index (χ0v) is 7.46. The van der Waals surface area contributed by atoms with Gasteiger partial charge in [-0.1, -0.05) is 13.8 Å². The molecular formula is C9H13NO2. The van der Waals surface area contributed by atoms with E-state index in [9.17, 15) is 9.59 Å². The Balaban J connectivity index is 4.11. The van der Waals surface area contributed by atoms with Gasteiger partial charge in [-0.05, 0) is 0 Å². The highest BCUT2D eigenvalue weighted by Gasteiger charge is 2.18. The molecular weight excluding hydrogens is 154 g/mol. The molecule has 0 saturated heterocycles. The predicted molar refractivity (Wildman–Crippen MR) is 44.3 cm³/mol. The molecule has 0 saturated carbocycles. The third-order valence-corrected chi connectivity index (χ3v) is 1.72. The number of carbonyl (C=O) groups is 2. The first-order valence-electron chi connectivity index (χ1n) is 4.09. The average molecular weight is 167 g/mol. The summed E-state index contributed by atoms with van der Waals surface area (Å²) in [5.74, 6) is -0.884. The number of nitriles is 1. The van der Waals surface area contributed by atoms with Gasteiger partial charge in [0.25, 0.3) is 0 Å². The lowest BCUT2D eigenvalue weighted by Crippen LogP contribution is -2.15. The molecule has 0 aromatic heterocycles. The van der Waals surface area contributed by atoms with Crippen LogP contribution in [0.1, 0.15) is 33.1 Å². The van der Waals surface area contributed by atoms with Gasteiger partial charge in [-0.25, -0.2) is 0 Å². The summed E-state index contributed by atoms with van der Waals surface area (Å²) in [5, 5.41) is 8.55. The van der Waals surface area contributed by atoms with Crippen molar-refractivity contribution in [2.24, 2.45) is 5.92 Å². The van der Waals surface area contributed by atoms with Gasteiger partial charge in [-0.3, -0.25) is 9.59 Å². The van der Waals surface area contributed by atoms with E-state index in [1.165, 1.54) is 0 Å². The van der Waals surface area contributed by atoms with Gasteiger partial charge < -0.3 is 0 Å². The fraction of sp³-hybridized carbons (Fsp3) is 0.667. The second kappa shape index (κ2) is 5.48. The summed E-state index contributed by atoms with van der Waals surface area (Å²) in [4.78, 5) is 21.9. The van der Waals surface area contributed by atoms with Crippen LogP contribution >= 0.6 is 0 Å². The first-order chi connectivity index (χ1) is 5.65. The second-order valence-corrected chi connectivity index (χ2v) is 2.60. The average Bonchev–Trinajstić information content (AvgIpc) is 2.12. The van der Waals surface area contributed by atoms with E-state index in [-0.39, 0.29) is 18.0 Å². The van der Waals surface area contributed by atoms with Crippen LogP contribution in [0.4, 0.5) is 0 Å². The zero-order valence-electron chi connectivity index (χ0n) is 7.46. The van der Waals surface area contributed by atoms with Crippen LogP contribution < -0.4 is 0 Å². The van der Waals surface area contributed by atoms with E-state index in [4.69, 9.17) is 5.26 Å². The van der Waals surface area contributed by atoms with Crippen molar-refractivity contribution in [1.82, 2.24) is 0 Å². The molecule has 0 N–H and O–H groups in total. The summed E-state index contributed by atoms with van der Waals surface area (Å²) in [5.41, 5.74) is 0. The number of carbonyl (C=O) groups excluding carboxylic acids is 2. The Kier molecular flexibility index (Phi) is 4.94. The van der Waals surface area contributed by atoms with Crippen LogP contribution in [0.5, 0.6) is 0 Å². The van der Waals surface area contributed by atoms with E-state index in [0.29, 0.717) is 12.8 Å². The molecule has 3 heteroatoms. The number of hydrogen-bond donors (Lipinski definition) is 0. The standard InChI is InChI=1S/C9H13NO2/c1-3-8(11)5-7(6-10)9(12)4-2/h7H,3-5H2,1-2H3. The number of ketones is 2. The maximum Gasteiger partial charge on any atom is 0.150 e. The summed E-state index contributed by atoms with van der Waals surface area (Å²) >= 11 is 0. The lowest BCUT2D eigenvalue weighted by atomic mass is 9.97. The molecule has 0 spiro atoms. The SMILES string of the molecule is CCC(=O)CC(C#N)C(=O)CC. The van der Waals surface area contributed by atoms with Crippen LogP contribution in [0, 0.1) is 17.2 Å². The van der Waals surface area contributed by atoms with E-state index < -0.39 is 5.92 Å². The van der Waals surface area contributed by atoms with Gasteiger partial charge in [0.1, 0.15) is 17.5 Å². The van der Waals surface area contributed by atoms with Crippen LogP contribution in [-0.4, -0.2) is 11.6 Å². The Morgan fingerprint density at radius 3 is 2.25 bits per heavy atom. The van der Waals surface area contributed by atoms with Crippen LogP contribution in [0.3, 0.4) is 0 Å². The number of nitrogens with zero attached hydrogens (tertiary/aromatic N) is 1. The van der Waals surface area contributed by atoms with Crippen molar-refractivity contribution in [2.75, 3.05) is 0 Å². The van der Waals surface area contributed by atoms with E-state index in [2.05, 4.69) is 0 Å². The topological polar surface area (TPSA) is 57.9 Å². The molecule has 0 aliphatic carbocycles. The van der Waals surface area contributed by atoms with Crippen molar-refractivity contribution in [1.29, 1.82) is 5.26 Å². The number of rotatable bonds is 5. The molecule has 0 aromatic carbocycles. The van der Waals surface area contributed by atoms with Gasteiger partial charge in [-0.15, -0.1) is 0 Å². The molecule has 0 rings (SSSR count). The maximum absolute atomic E-state index is 11.0. The molecule has 66 valence electrons. The lowest BCUT2D eigenvalue weighted by molar-refractivity contribution is -0.126. The highest BCUT2D eigenvalue weighted by atomic mass is 16.1. The van der Waals surface area contributed by atoms with Crippen molar-refractivity contribution in [3.05, 3.63) is 0 Å². The molecule has 1 atom stereocenters. The largest absolute Gasteiger partial charge is 0.300 e. The normalized spacial score (nSPS) is 11.8. The highest BCUT2D eigenvalue weighted by molar-refractivity contribution is 5.89. The number of hydrogen-bond acceptors (Lipinski definition) is 3. The molecule has 3 nitrogen and oxygen atoms in total. The molecule has 0 fully saturated rings. The van der Waals surface area contributed by atoms with Crippen molar-refractivity contribution < 1.29 is 9.59 Å². The molecule has 12 heavy (non-hydrogen) atoms. The Morgan fingerprint density at radius 1 is 1.33 bits per heavy atom. The summed E-state index contributed by atoms with van der Waals surface area (Å²) in [6.45, 7) is 3.43. The van der Waals surface area contributed by atoms with Gasteiger partial charge in [0.15, 0.2) is 0 Å². The second-order valence-electron chi connectivity index (χ2n) is 2.60. The molecule has 1 unspecified atom stereocenters. The summed E-state index contributed by atoms with van der Waals surface area (Å²) in [7, 11) is 0. The Morgan fingerprint density at radius 2 is 1.92 bits per heavy atom. The first kappa shape index (κ1) is 10.8. The van der Waals surface area contributed by atoms with Gasteiger partial charge >= 0.3 is 0 Å². The first-order valence-corrected chi connectivity index (χ1v) is 4.09. The monoisotopic (exact) mass is 167 g/mol. The van der Waals surface area contributed by atoms with Gasteiger partial charge in [-0.2, -0.15) is 5.26 Å². The molecule has 0 amide bonds.